The molecular weight excluding hydrogens is 246 g/mol. The molecule has 1 fully saturated rings. The maximum absolute atomic E-state index is 5.24. The van der Waals surface area contributed by atoms with E-state index in [9.17, 15) is 0 Å². The average molecular weight is 261 g/mol. The molecule has 5 heteroatoms. The van der Waals surface area contributed by atoms with Gasteiger partial charge in [0.2, 0.25) is 0 Å². The zero-order valence-electron chi connectivity index (χ0n) is 10.2. The lowest BCUT2D eigenvalue weighted by Crippen LogP contribution is -2.17. The number of hydrogen-bond donors (Lipinski definition) is 1. The number of thioether (sulfide) groups is 1. The van der Waals surface area contributed by atoms with Gasteiger partial charge in [-0.2, -0.15) is 16.7 Å². The monoisotopic (exact) mass is 261 g/mol. The van der Waals surface area contributed by atoms with E-state index in [1.54, 1.807) is 0 Å². The second-order valence-corrected chi connectivity index (χ2v) is 5.80. The van der Waals surface area contributed by atoms with Crippen LogP contribution in [0, 0.1) is 0 Å². The Kier molecular flexibility index (Phi) is 2.99. The van der Waals surface area contributed by atoms with Gasteiger partial charge >= 0.3 is 0 Å². The maximum Gasteiger partial charge on any atom is 0.263 e. The molecule has 0 atom stereocenters. The van der Waals surface area contributed by atoms with Crippen LogP contribution < -0.4 is 5.32 Å². The van der Waals surface area contributed by atoms with Crippen LogP contribution in [0.4, 0.5) is 5.95 Å². The molecule has 3 rings (SSSR count). The molecule has 0 aliphatic heterocycles. The number of anilines is 1. The van der Waals surface area contributed by atoms with E-state index in [-0.39, 0.29) is 0 Å². The van der Waals surface area contributed by atoms with E-state index in [0.29, 0.717) is 16.6 Å². The summed E-state index contributed by atoms with van der Waals surface area (Å²) in [5.41, 5.74) is 0.948. The first-order valence-electron chi connectivity index (χ1n) is 5.99. The zero-order valence-corrected chi connectivity index (χ0v) is 11.0. The van der Waals surface area contributed by atoms with Gasteiger partial charge in [-0.05, 0) is 36.4 Å². The van der Waals surface area contributed by atoms with E-state index < -0.39 is 0 Å². The van der Waals surface area contributed by atoms with Crippen molar-refractivity contribution < 1.29 is 4.52 Å². The molecule has 1 aliphatic carbocycles. The molecule has 18 heavy (non-hydrogen) atoms. The van der Waals surface area contributed by atoms with Crippen molar-refractivity contribution in [3.8, 4) is 11.5 Å². The Morgan fingerprint density at radius 3 is 2.78 bits per heavy atom. The molecule has 1 N–H and O–H groups in total. The third-order valence-electron chi connectivity index (χ3n) is 3.26. The van der Waals surface area contributed by atoms with E-state index in [4.69, 9.17) is 4.52 Å². The summed E-state index contributed by atoms with van der Waals surface area (Å²) in [5, 5.41) is 7.20. The minimum Gasteiger partial charge on any atom is -0.350 e. The second kappa shape index (κ2) is 4.65. The van der Waals surface area contributed by atoms with Crippen molar-refractivity contribution in [2.24, 2.45) is 0 Å². The minimum absolute atomic E-state index is 0.396. The van der Waals surface area contributed by atoms with Crippen LogP contribution in [0.2, 0.25) is 0 Å². The predicted octanol–water partition coefficient (Wildman–Crippen LogP) is 3.04. The van der Waals surface area contributed by atoms with Crippen molar-refractivity contribution in [1.29, 1.82) is 0 Å². The van der Waals surface area contributed by atoms with Gasteiger partial charge in [-0.3, -0.25) is 0 Å². The fourth-order valence-corrected chi connectivity index (χ4v) is 2.55. The first-order chi connectivity index (χ1) is 8.81. The van der Waals surface area contributed by atoms with Crippen LogP contribution in [0.1, 0.15) is 12.8 Å². The van der Waals surface area contributed by atoms with E-state index in [0.717, 1.165) is 12.1 Å². The summed E-state index contributed by atoms with van der Waals surface area (Å²) in [4.78, 5) is 4.35. The summed E-state index contributed by atoms with van der Waals surface area (Å²) in [6.07, 6.45) is 4.69. The standard InChI is InChI=1S/C13H15N3OS/c1-18-13(7-8-13)9-14-12-15-11(17-16-12)10-5-3-2-4-6-10/h2-6H,7-9H2,1H3,(H,14,16). The molecule has 1 aliphatic rings. The van der Waals surface area contributed by atoms with Crippen LogP contribution >= 0.6 is 11.8 Å². The molecule has 1 saturated carbocycles. The van der Waals surface area contributed by atoms with Crippen molar-refractivity contribution in [3.63, 3.8) is 0 Å². The summed E-state index contributed by atoms with van der Waals surface area (Å²) in [6.45, 7) is 0.905. The first kappa shape index (κ1) is 11.6. The highest BCUT2D eigenvalue weighted by molar-refractivity contribution is 8.00. The first-order valence-corrected chi connectivity index (χ1v) is 7.22. The molecule has 0 unspecified atom stereocenters. The van der Waals surface area contributed by atoms with Gasteiger partial charge in [0.15, 0.2) is 0 Å². The van der Waals surface area contributed by atoms with Crippen LogP contribution in [0.25, 0.3) is 11.5 Å². The van der Waals surface area contributed by atoms with Gasteiger partial charge < -0.3 is 9.84 Å². The highest BCUT2D eigenvalue weighted by Crippen LogP contribution is 2.46. The van der Waals surface area contributed by atoms with Crippen LogP contribution in [0.5, 0.6) is 0 Å². The molecule has 1 aromatic heterocycles. The van der Waals surface area contributed by atoms with Crippen LogP contribution in [0.3, 0.4) is 0 Å². The van der Waals surface area contributed by atoms with Crippen molar-refractivity contribution >= 4 is 17.7 Å². The zero-order chi connectivity index (χ0) is 12.4. The molecule has 0 radical (unpaired) electrons. The third-order valence-corrected chi connectivity index (χ3v) is 4.67. The Morgan fingerprint density at radius 1 is 1.33 bits per heavy atom. The summed E-state index contributed by atoms with van der Waals surface area (Å²) in [6, 6.07) is 9.80. The molecule has 94 valence electrons. The van der Waals surface area contributed by atoms with Gasteiger partial charge in [-0.15, -0.1) is 0 Å². The highest BCUT2D eigenvalue weighted by Gasteiger charge is 2.41. The third kappa shape index (κ3) is 2.36. The fourth-order valence-electron chi connectivity index (χ4n) is 1.83. The van der Waals surface area contributed by atoms with Gasteiger partial charge in [0, 0.05) is 16.9 Å². The van der Waals surface area contributed by atoms with Gasteiger partial charge in [0.25, 0.3) is 11.8 Å². The quantitative estimate of drug-likeness (QED) is 0.896. The van der Waals surface area contributed by atoms with E-state index in [1.165, 1.54) is 12.8 Å². The Hall–Kier alpha value is -1.49. The normalized spacial score (nSPS) is 16.5. The predicted molar refractivity (Wildman–Crippen MR) is 73.7 cm³/mol. The molecule has 0 saturated heterocycles. The fraction of sp³-hybridized carbons (Fsp3) is 0.385. The van der Waals surface area contributed by atoms with E-state index >= 15 is 0 Å². The lowest BCUT2D eigenvalue weighted by Gasteiger charge is -2.10. The summed E-state index contributed by atoms with van der Waals surface area (Å²) < 4.78 is 5.64. The number of nitrogens with one attached hydrogen (secondary N) is 1. The minimum atomic E-state index is 0.396. The number of rotatable bonds is 5. The molecule has 2 aromatic rings. The lowest BCUT2D eigenvalue weighted by atomic mass is 10.2. The number of benzene rings is 1. The number of hydrogen-bond acceptors (Lipinski definition) is 5. The Morgan fingerprint density at radius 2 is 2.11 bits per heavy atom. The smallest absolute Gasteiger partial charge is 0.263 e. The topological polar surface area (TPSA) is 51.0 Å². The number of aromatic nitrogens is 2. The van der Waals surface area contributed by atoms with Gasteiger partial charge in [0.1, 0.15) is 0 Å². The molecule has 0 bridgehead atoms. The van der Waals surface area contributed by atoms with Crippen molar-refractivity contribution in [1.82, 2.24) is 10.1 Å². The molecule has 1 aromatic carbocycles. The van der Waals surface area contributed by atoms with Crippen LogP contribution in [-0.4, -0.2) is 27.7 Å². The second-order valence-electron chi connectivity index (χ2n) is 4.53. The highest BCUT2D eigenvalue weighted by atomic mass is 32.2. The van der Waals surface area contributed by atoms with Gasteiger partial charge in [0.05, 0.1) is 0 Å². The Balaban J connectivity index is 1.67. The Bertz CT molecular complexity index is 522. The largest absolute Gasteiger partial charge is 0.350 e. The van der Waals surface area contributed by atoms with Crippen molar-refractivity contribution in [2.75, 3.05) is 18.1 Å². The average Bonchev–Trinajstić information content (AvgIpc) is 3.07. The van der Waals surface area contributed by atoms with Gasteiger partial charge in [-0.25, -0.2) is 0 Å². The number of nitrogens with zero attached hydrogens (tertiary/aromatic N) is 2. The Labute approximate surface area is 110 Å². The molecule has 0 spiro atoms. The van der Waals surface area contributed by atoms with E-state index in [1.807, 2.05) is 42.1 Å². The molecule has 4 nitrogen and oxygen atoms in total. The SMILES string of the molecule is CSC1(CNc2noc(-c3ccccc3)n2)CC1. The van der Waals surface area contributed by atoms with Crippen molar-refractivity contribution in [2.45, 2.75) is 17.6 Å². The summed E-state index contributed by atoms with van der Waals surface area (Å²) in [5.74, 6) is 1.14. The molecule has 1 heterocycles. The van der Waals surface area contributed by atoms with Crippen LogP contribution in [0.15, 0.2) is 34.9 Å². The summed E-state index contributed by atoms with van der Waals surface area (Å²) >= 11 is 1.91. The van der Waals surface area contributed by atoms with Gasteiger partial charge in [-0.1, -0.05) is 18.2 Å². The lowest BCUT2D eigenvalue weighted by molar-refractivity contribution is 0.432. The van der Waals surface area contributed by atoms with Crippen LogP contribution in [-0.2, 0) is 0 Å². The maximum atomic E-state index is 5.24. The summed E-state index contributed by atoms with van der Waals surface area (Å²) in [7, 11) is 0. The molecule has 0 amide bonds. The van der Waals surface area contributed by atoms with E-state index in [2.05, 4.69) is 21.7 Å². The molecular formula is C13H15N3OS. The van der Waals surface area contributed by atoms with Crippen molar-refractivity contribution in [3.05, 3.63) is 30.3 Å².